The van der Waals surface area contributed by atoms with E-state index < -0.39 is 0 Å². The molecule has 0 unspecified atom stereocenters. The molecule has 7 nitrogen and oxygen atoms in total. The zero-order valence-electron chi connectivity index (χ0n) is 16.0. The summed E-state index contributed by atoms with van der Waals surface area (Å²) in [4.78, 5) is 13.9. The Morgan fingerprint density at radius 1 is 0.963 bits per heavy atom. The average molecular weight is 364 g/mol. The summed E-state index contributed by atoms with van der Waals surface area (Å²) in [7, 11) is 3.62. The molecule has 2 aromatic heterocycles. The van der Waals surface area contributed by atoms with Crippen molar-refractivity contribution >= 4 is 11.6 Å². The van der Waals surface area contributed by atoms with Gasteiger partial charge in [0.05, 0.1) is 18.5 Å². The number of ether oxygens (including phenoxy) is 1. The van der Waals surface area contributed by atoms with Gasteiger partial charge in [-0.3, -0.25) is 4.68 Å². The van der Waals surface area contributed by atoms with E-state index in [0.29, 0.717) is 0 Å². The van der Waals surface area contributed by atoms with Gasteiger partial charge in [0.1, 0.15) is 5.75 Å². The minimum absolute atomic E-state index is 0.783. The first kappa shape index (κ1) is 17.3. The number of anilines is 2. The van der Waals surface area contributed by atoms with Crippen LogP contribution in [0.4, 0.5) is 11.6 Å². The summed E-state index contributed by atoms with van der Waals surface area (Å²) >= 11 is 0. The van der Waals surface area contributed by atoms with Crippen molar-refractivity contribution in [2.45, 2.75) is 6.92 Å². The summed E-state index contributed by atoms with van der Waals surface area (Å²) in [5, 5.41) is 4.41. The zero-order chi connectivity index (χ0) is 18.8. The molecule has 0 bridgehead atoms. The monoisotopic (exact) mass is 364 g/mol. The highest BCUT2D eigenvalue weighted by molar-refractivity contribution is 5.62. The van der Waals surface area contributed by atoms with Crippen molar-refractivity contribution in [3.63, 3.8) is 0 Å². The third kappa shape index (κ3) is 3.58. The average Bonchev–Trinajstić information content (AvgIpc) is 3.06. The van der Waals surface area contributed by atoms with Crippen molar-refractivity contribution in [2.75, 3.05) is 43.1 Å². The Hall–Kier alpha value is -3.09. The predicted molar refractivity (Wildman–Crippen MR) is 106 cm³/mol. The molecule has 1 aromatic carbocycles. The van der Waals surface area contributed by atoms with E-state index in [1.807, 2.05) is 49.2 Å². The summed E-state index contributed by atoms with van der Waals surface area (Å²) in [5.74, 6) is 1.67. The Labute approximate surface area is 159 Å². The molecule has 7 heteroatoms. The van der Waals surface area contributed by atoms with Crippen LogP contribution < -0.4 is 14.5 Å². The van der Waals surface area contributed by atoms with Gasteiger partial charge < -0.3 is 14.5 Å². The maximum Gasteiger partial charge on any atom is 0.225 e. The minimum atomic E-state index is 0.783. The first-order chi connectivity index (χ1) is 13.1. The number of aromatic nitrogens is 4. The van der Waals surface area contributed by atoms with Gasteiger partial charge in [-0.25, -0.2) is 9.97 Å². The number of benzene rings is 1. The molecule has 0 radical (unpaired) electrons. The highest BCUT2D eigenvalue weighted by atomic mass is 16.5. The molecule has 1 fully saturated rings. The van der Waals surface area contributed by atoms with Crippen molar-refractivity contribution in [1.29, 1.82) is 0 Å². The maximum atomic E-state index is 5.24. The van der Waals surface area contributed by atoms with E-state index >= 15 is 0 Å². The van der Waals surface area contributed by atoms with E-state index in [0.717, 1.165) is 54.8 Å². The normalized spacial score (nSPS) is 14.5. The highest BCUT2D eigenvalue weighted by Gasteiger charge is 2.20. The van der Waals surface area contributed by atoms with Gasteiger partial charge >= 0.3 is 0 Å². The summed E-state index contributed by atoms with van der Waals surface area (Å²) < 4.78 is 7.06. The van der Waals surface area contributed by atoms with Crippen molar-refractivity contribution < 1.29 is 4.74 Å². The second-order valence-corrected chi connectivity index (χ2v) is 6.72. The molecule has 0 spiro atoms. The van der Waals surface area contributed by atoms with Crippen molar-refractivity contribution in [1.82, 2.24) is 19.7 Å². The number of methoxy groups -OCH3 is 1. The maximum absolute atomic E-state index is 5.24. The van der Waals surface area contributed by atoms with Crippen LogP contribution in [-0.2, 0) is 7.05 Å². The lowest BCUT2D eigenvalue weighted by atomic mass is 10.2. The highest BCUT2D eigenvalue weighted by Crippen LogP contribution is 2.24. The molecular formula is C20H24N6O. The van der Waals surface area contributed by atoms with E-state index in [-0.39, 0.29) is 0 Å². The summed E-state index contributed by atoms with van der Waals surface area (Å²) in [6, 6.07) is 10.2. The number of hydrogen-bond donors (Lipinski definition) is 0. The van der Waals surface area contributed by atoms with Crippen LogP contribution in [0, 0.1) is 6.92 Å². The van der Waals surface area contributed by atoms with Gasteiger partial charge in [-0.05, 0) is 37.3 Å². The van der Waals surface area contributed by atoms with Crippen LogP contribution in [0.2, 0.25) is 0 Å². The fraction of sp³-hybridized carbons (Fsp3) is 0.350. The fourth-order valence-corrected chi connectivity index (χ4v) is 3.46. The van der Waals surface area contributed by atoms with Crippen molar-refractivity contribution in [3.8, 4) is 17.0 Å². The van der Waals surface area contributed by atoms with Gasteiger partial charge in [-0.1, -0.05) is 0 Å². The van der Waals surface area contributed by atoms with Gasteiger partial charge in [0.25, 0.3) is 0 Å². The van der Waals surface area contributed by atoms with Gasteiger partial charge in [-0.2, -0.15) is 5.10 Å². The minimum Gasteiger partial charge on any atom is -0.497 e. The Kier molecular flexibility index (Phi) is 4.66. The van der Waals surface area contributed by atoms with Crippen LogP contribution in [0.5, 0.6) is 5.75 Å². The van der Waals surface area contributed by atoms with E-state index in [9.17, 15) is 0 Å². The van der Waals surface area contributed by atoms with Crippen molar-refractivity contribution in [2.24, 2.45) is 7.05 Å². The molecule has 0 saturated carbocycles. The van der Waals surface area contributed by atoms with Gasteiger partial charge in [0, 0.05) is 56.9 Å². The molecule has 4 rings (SSSR count). The quantitative estimate of drug-likeness (QED) is 0.709. The summed E-state index contributed by atoms with van der Waals surface area (Å²) in [6.07, 6.45) is 3.84. The molecule has 27 heavy (non-hydrogen) atoms. The van der Waals surface area contributed by atoms with Gasteiger partial charge in [0.2, 0.25) is 5.95 Å². The Morgan fingerprint density at radius 3 is 2.30 bits per heavy atom. The first-order valence-corrected chi connectivity index (χ1v) is 9.11. The van der Waals surface area contributed by atoms with Gasteiger partial charge in [-0.15, -0.1) is 0 Å². The number of aryl methyl sites for hydroxylation is 2. The Morgan fingerprint density at radius 2 is 1.67 bits per heavy atom. The van der Waals surface area contributed by atoms with Crippen LogP contribution in [0.15, 0.2) is 42.7 Å². The fourth-order valence-electron chi connectivity index (χ4n) is 3.46. The summed E-state index contributed by atoms with van der Waals surface area (Å²) in [5.41, 5.74) is 4.17. The molecule has 1 saturated heterocycles. The largest absolute Gasteiger partial charge is 0.497 e. The Balaban J connectivity index is 1.46. The molecular weight excluding hydrogens is 340 g/mol. The van der Waals surface area contributed by atoms with Crippen molar-refractivity contribution in [3.05, 3.63) is 48.4 Å². The number of hydrogen-bond acceptors (Lipinski definition) is 6. The third-order valence-corrected chi connectivity index (χ3v) is 4.93. The van der Waals surface area contributed by atoms with E-state index in [4.69, 9.17) is 9.72 Å². The van der Waals surface area contributed by atoms with Crippen LogP contribution in [-0.4, -0.2) is 53.0 Å². The molecule has 3 heterocycles. The predicted octanol–water partition coefficient (Wildman–Crippen LogP) is 2.52. The zero-order valence-corrected chi connectivity index (χ0v) is 16.0. The molecule has 1 aliphatic rings. The van der Waals surface area contributed by atoms with E-state index in [2.05, 4.69) is 32.0 Å². The molecule has 0 atom stereocenters. The molecule has 0 amide bonds. The van der Waals surface area contributed by atoms with E-state index in [1.165, 1.54) is 5.69 Å². The molecule has 3 aromatic rings. The number of rotatable bonds is 4. The second-order valence-electron chi connectivity index (χ2n) is 6.72. The lowest BCUT2D eigenvalue weighted by molar-refractivity contribution is 0.415. The summed E-state index contributed by atoms with van der Waals surface area (Å²) in [6.45, 7) is 5.66. The Bertz CT molecular complexity index is 912. The molecule has 1 aliphatic heterocycles. The van der Waals surface area contributed by atoms with Crippen LogP contribution >= 0.6 is 0 Å². The lowest BCUT2D eigenvalue weighted by Gasteiger charge is -2.36. The van der Waals surface area contributed by atoms with Crippen LogP contribution in [0.1, 0.15) is 5.69 Å². The van der Waals surface area contributed by atoms with Crippen LogP contribution in [0.25, 0.3) is 11.3 Å². The first-order valence-electron chi connectivity index (χ1n) is 9.11. The SMILES string of the molecule is COc1ccc(N2CCN(c3nccc(-c4cn(C)nc4C)n3)CC2)cc1. The lowest BCUT2D eigenvalue weighted by Crippen LogP contribution is -2.47. The topological polar surface area (TPSA) is 59.3 Å². The molecule has 0 aliphatic carbocycles. The van der Waals surface area contributed by atoms with E-state index in [1.54, 1.807) is 7.11 Å². The second kappa shape index (κ2) is 7.26. The van der Waals surface area contributed by atoms with Crippen LogP contribution in [0.3, 0.4) is 0 Å². The smallest absolute Gasteiger partial charge is 0.225 e. The molecule has 140 valence electrons. The standard InChI is InChI=1S/C20H24N6O/c1-15-18(14-24(2)23-15)19-8-9-21-20(22-19)26-12-10-25(11-13-26)16-4-6-17(27-3)7-5-16/h4-9,14H,10-13H2,1-3H3. The number of piperazine rings is 1. The van der Waals surface area contributed by atoms with Gasteiger partial charge in [0.15, 0.2) is 0 Å². The third-order valence-electron chi connectivity index (χ3n) is 4.93. The number of nitrogens with zero attached hydrogens (tertiary/aromatic N) is 6. The molecule has 0 N–H and O–H groups in total.